The topological polar surface area (TPSA) is 71.9 Å². The summed E-state index contributed by atoms with van der Waals surface area (Å²) >= 11 is 0. The van der Waals surface area contributed by atoms with Gasteiger partial charge in [0.05, 0.1) is 17.9 Å². The molecule has 3 unspecified atom stereocenters. The molecule has 0 aromatic carbocycles. The maximum Gasteiger partial charge on any atom is 0.231 e. The SMILES string of the molecule is CC1(C)C(C#N)C1c1nc(CC2CCOC2)no1. The molecule has 0 radical (unpaired) electrons. The van der Waals surface area contributed by atoms with Crippen LogP contribution in [0.25, 0.3) is 0 Å². The Bertz CT molecular complexity index is 483. The molecule has 3 atom stereocenters. The molecule has 2 heterocycles. The highest BCUT2D eigenvalue weighted by atomic mass is 16.5. The summed E-state index contributed by atoms with van der Waals surface area (Å²) < 4.78 is 10.6. The number of hydrogen-bond acceptors (Lipinski definition) is 5. The second-order valence-corrected chi connectivity index (χ2v) is 5.89. The van der Waals surface area contributed by atoms with Gasteiger partial charge in [0.1, 0.15) is 0 Å². The molecule has 5 heteroatoms. The fourth-order valence-electron chi connectivity index (χ4n) is 2.82. The van der Waals surface area contributed by atoms with Crippen molar-refractivity contribution in [2.45, 2.75) is 32.6 Å². The highest BCUT2D eigenvalue weighted by Crippen LogP contribution is 2.63. The maximum absolute atomic E-state index is 9.05. The number of hydrogen-bond donors (Lipinski definition) is 0. The van der Waals surface area contributed by atoms with Gasteiger partial charge in [0.2, 0.25) is 5.89 Å². The van der Waals surface area contributed by atoms with Crippen molar-refractivity contribution in [1.29, 1.82) is 5.26 Å². The predicted molar refractivity (Wildman–Crippen MR) is 62.6 cm³/mol. The largest absolute Gasteiger partial charge is 0.381 e. The van der Waals surface area contributed by atoms with Gasteiger partial charge in [0, 0.05) is 19.6 Å². The van der Waals surface area contributed by atoms with Crippen molar-refractivity contribution in [3.05, 3.63) is 11.7 Å². The van der Waals surface area contributed by atoms with Crippen molar-refractivity contribution in [3.63, 3.8) is 0 Å². The zero-order valence-electron chi connectivity index (χ0n) is 10.7. The monoisotopic (exact) mass is 247 g/mol. The van der Waals surface area contributed by atoms with Gasteiger partial charge in [-0.1, -0.05) is 19.0 Å². The van der Waals surface area contributed by atoms with Crippen molar-refractivity contribution in [1.82, 2.24) is 10.1 Å². The van der Waals surface area contributed by atoms with E-state index in [1.54, 1.807) is 0 Å². The smallest absolute Gasteiger partial charge is 0.231 e. The fraction of sp³-hybridized carbons (Fsp3) is 0.769. The lowest BCUT2D eigenvalue weighted by Gasteiger charge is -2.01. The van der Waals surface area contributed by atoms with Crippen LogP contribution < -0.4 is 0 Å². The van der Waals surface area contributed by atoms with Crippen LogP contribution >= 0.6 is 0 Å². The number of nitriles is 1. The van der Waals surface area contributed by atoms with Gasteiger partial charge in [-0.15, -0.1) is 0 Å². The standard InChI is InChI=1S/C13H17N3O2/c1-13(2)9(6-14)11(13)12-15-10(16-18-12)5-8-3-4-17-7-8/h8-9,11H,3-5,7H2,1-2H3. The van der Waals surface area contributed by atoms with Crippen LogP contribution in [-0.2, 0) is 11.2 Å². The summed E-state index contributed by atoms with van der Waals surface area (Å²) in [7, 11) is 0. The van der Waals surface area contributed by atoms with E-state index in [-0.39, 0.29) is 17.3 Å². The van der Waals surface area contributed by atoms with Gasteiger partial charge < -0.3 is 9.26 Å². The molecular formula is C13H17N3O2. The number of aromatic nitrogens is 2. The van der Waals surface area contributed by atoms with Crippen molar-refractivity contribution in [2.75, 3.05) is 13.2 Å². The molecule has 0 amide bonds. The molecular weight excluding hydrogens is 230 g/mol. The molecule has 5 nitrogen and oxygen atoms in total. The third-order valence-corrected chi connectivity index (χ3v) is 4.21. The normalized spacial score (nSPS) is 33.3. The van der Waals surface area contributed by atoms with Gasteiger partial charge in [-0.25, -0.2) is 0 Å². The molecule has 3 rings (SSSR count). The first-order chi connectivity index (χ1) is 8.63. The van der Waals surface area contributed by atoms with Crippen LogP contribution in [0.1, 0.15) is 37.9 Å². The Kier molecular flexibility index (Phi) is 2.63. The number of nitrogens with zero attached hydrogens (tertiary/aromatic N) is 3. The van der Waals surface area contributed by atoms with Crippen molar-refractivity contribution >= 4 is 0 Å². The number of ether oxygens (including phenoxy) is 1. The quantitative estimate of drug-likeness (QED) is 0.815. The van der Waals surface area contributed by atoms with Crippen LogP contribution in [0, 0.1) is 28.6 Å². The van der Waals surface area contributed by atoms with E-state index in [0.717, 1.165) is 31.9 Å². The minimum Gasteiger partial charge on any atom is -0.381 e. The van der Waals surface area contributed by atoms with E-state index < -0.39 is 0 Å². The first-order valence-electron chi connectivity index (χ1n) is 6.42. The number of rotatable bonds is 3. The van der Waals surface area contributed by atoms with Crippen molar-refractivity contribution < 1.29 is 9.26 Å². The van der Waals surface area contributed by atoms with E-state index in [1.807, 2.05) is 0 Å². The molecule has 1 saturated carbocycles. The highest BCUT2D eigenvalue weighted by molar-refractivity contribution is 5.26. The summed E-state index contributed by atoms with van der Waals surface area (Å²) in [5, 5.41) is 13.1. The second kappa shape index (κ2) is 4.06. The molecule has 18 heavy (non-hydrogen) atoms. The van der Waals surface area contributed by atoms with Crippen molar-refractivity contribution in [2.24, 2.45) is 17.3 Å². The lowest BCUT2D eigenvalue weighted by molar-refractivity contribution is 0.185. The summed E-state index contributed by atoms with van der Waals surface area (Å²) in [6.07, 6.45) is 1.88. The van der Waals surface area contributed by atoms with Gasteiger partial charge in [-0.2, -0.15) is 10.2 Å². The molecule has 1 aromatic heterocycles. The molecule has 0 bridgehead atoms. The third-order valence-electron chi connectivity index (χ3n) is 4.21. The van der Waals surface area contributed by atoms with Gasteiger partial charge in [0.25, 0.3) is 0 Å². The molecule has 1 aliphatic carbocycles. The third kappa shape index (κ3) is 1.81. The van der Waals surface area contributed by atoms with Crippen molar-refractivity contribution in [3.8, 4) is 6.07 Å². The minimum atomic E-state index is -0.0327. The predicted octanol–water partition coefficient (Wildman–Crippen LogP) is 1.91. The minimum absolute atomic E-state index is 0.000568. The average molecular weight is 247 g/mol. The highest BCUT2D eigenvalue weighted by Gasteiger charge is 2.62. The molecule has 0 N–H and O–H groups in total. The second-order valence-electron chi connectivity index (χ2n) is 5.89. The van der Waals surface area contributed by atoms with E-state index in [4.69, 9.17) is 14.5 Å². The summed E-state index contributed by atoms with van der Waals surface area (Å²) in [5.74, 6) is 1.99. The van der Waals surface area contributed by atoms with Crippen LogP contribution in [-0.4, -0.2) is 23.4 Å². The summed E-state index contributed by atoms with van der Waals surface area (Å²) in [4.78, 5) is 4.45. The summed E-state index contributed by atoms with van der Waals surface area (Å²) in [6, 6.07) is 2.31. The molecule has 96 valence electrons. The Morgan fingerprint density at radius 1 is 1.50 bits per heavy atom. The maximum atomic E-state index is 9.05. The van der Waals surface area contributed by atoms with Gasteiger partial charge >= 0.3 is 0 Å². The lowest BCUT2D eigenvalue weighted by Crippen LogP contribution is -2.05. The molecule has 0 spiro atoms. The molecule has 1 aliphatic heterocycles. The van der Waals surface area contributed by atoms with Gasteiger partial charge in [-0.3, -0.25) is 0 Å². The van der Waals surface area contributed by atoms with Gasteiger partial charge in [0.15, 0.2) is 5.82 Å². The Morgan fingerprint density at radius 3 is 2.94 bits per heavy atom. The Balaban J connectivity index is 1.69. The van der Waals surface area contributed by atoms with E-state index in [9.17, 15) is 0 Å². The lowest BCUT2D eigenvalue weighted by atomic mass is 10.1. The first-order valence-corrected chi connectivity index (χ1v) is 6.42. The van der Waals surface area contributed by atoms with E-state index in [2.05, 4.69) is 30.1 Å². The molecule has 2 fully saturated rings. The van der Waals surface area contributed by atoms with Crippen LogP contribution in [0.4, 0.5) is 0 Å². The fourth-order valence-corrected chi connectivity index (χ4v) is 2.82. The zero-order valence-corrected chi connectivity index (χ0v) is 10.7. The Hall–Kier alpha value is -1.41. The van der Waals surface area contributed by atoms with Gasteiger partial charge in [-0.05, 0) is 17.8 Å². The van der Waals surface area contributed by atoms with E-state index >= 15 is 0 Å². The Labute approximate surface area is 106 Å². The van der Waals surface area contributed by atoms with Crippen LogP contribution in [0.5, 0.6) is 0 Å². The van der Waals surface area contributed by atoms with Crippen LogP contribution in [0.3, 0.4) is 0 Å². The summed E-state index contributed by atoms with van der Waals surface area (Å²) in [5.41, 5.74) is -0.0327. The zero-order chi connectivity index (χ0) is 12.8. The molecule has 2 aliphatic rings. The van der Waals surface area contributed by atoms with Crippen LogP contribution in [0.15, 0.2) is 4.52 Å². The van der Waals surface area contributed by atoms with Crippen LogP contribution in [0.2, 0.25) is 0 Å². The molecule has 1 aromatic rings. The summed E-state index contributed by atoms with van der Waals surface area (Å²) in [6.45, 7) is 5.77. The Morgan fingerprint density at radius 2 is 2.33 bits per heavy atom. The average Bonchev–Trinajstić information content (AvgIpc) is 2.80. The van der Waals surface area contributed by atoms with E-state index in [1.165, 1.54) is 0 Å². The van der Waals surface area contributed by atoms with E-state index in [0.29, 0.717) is 11.8 Å². The first kappa shape index (κ1) is 11.7. The molecule has 1 saturated heterocycles.